The first-order valence-electron chi connectivity index (χ1n) is 10.9. The van der Waals surface area contributed by atoms with Crippen LogP contribution >= 0.6 is 0 Å². The second-order valence-electron chi connectivity index (χ2n) is 8.06. The lowest BCUT2D eigenvalue weighted by atomic mass is 9.95. The minimum absolute atomic E-state index is 0.183. The van der Waals surface area contributed by atoms with E-state index in [2.05, 4.69) is 15.4 Å². The van der Waals surface area contributed by atoms with Crippen molar-refractivity contribution < 1.29 is 24.2 Å². The van der Waals surface area contributed by atoms with Crippen molar-refractivity contribution in [1.29, 1.82) is 0 Å². The Bertz CT molecular complexity index is 1180. The van der Waals surface area contributed by atoms with Crippen LogP contribution in [-0.2, 0) is 27.4 Å². The fourth-order valence-electron chi connectivity index (χ4n) is 3.98. The SMILES string of the molecule is Cc1ccc([C@@H](O)CNCc2cnn(-c3cc(N4CCOC4=O)ccn3)c2)c(C)c1COC=O. The van der Waals surface area contributed by atoms with Gasteiger partial charge in [-0.15, -0.1) is 0 Å². The number of hydrogen-bond donors (Lipinski definition) is 2. The number of aliphatic hydroxyl groups excluding tert-OH is 1. The number of rotatable bonds is 10. The molecule has 4 rings (SSSR count). The van der Waals surface area contributed by atoms with Gasteiger partial charge in [-0.25, -0.2) is 14.5 Å². The number of amides is 1. The van der Waals surface area contributed by atoms with Crippen LogP contribution in [0.25, 0.3) is 5.82 Å². The number of benzene rings is 1. The first-order chi connectivity index (χ1) is 16.5. The van der Waals surface area contributed by atoms with Gasteiger partial charge in [0.25, 0.3) is 6.47 Å². The molecule has 3 heterocycles. The smallest absolute Gasteiger partial charge is 0.414 e. The lowest BCUT2D eigenvalue weighted by Crippen LogP contribution is -2.23. The molecule has 1 fully saturated rings. The fraction of sp³-hybridized carbons (Fsp3) is 0.333. The summed E-state index contributed by atoms with van der Waals surface area (Å²) < 4.78 is 11.6. The number of hydrogen-bond acceptors (Lipinski definition) is 8. The third-order valence-electron chi connectivity index (χ3n) is 5.87. The first kappa shape index (κ1) is 23.4. The van der Waals surface area contributed by atoms with Crippen LogP contribution in [0.5, 0.6) is 0 Å². The third-order valence-corrected chi connectivity index (χ3v) is 5.87. The molecule has 2 aromatic heterocycles. The minimum atomic E-state index is -0.718. The Labute approximate surface area is 197 Å². The summed E-state index contributed by atoms with van der Waals surface area (Å²) in [6, 6.07) is 7.36. The molecule has 1 amide bonds. The molecule has 0 radical (unpaired) electrons. The average Bonchev–Trinajstić information content (AvgIpc) is 3.48. The molecule has 1 aliphatic rings. The summed E-state index contributed by atoms with van der Waals surface area (Å²) in [7, 11) is 0. The van der Waals surface area contributed by atoms with E-state index in [0.29, 0.717) is 44.2 Å². The molecule has 10 nitrogen and oxygen atoms in total. The molecule has 3 aromatic rings. The molecule has 1 atom stereocenters. The Balaban J connectivity index is 1.37. The van der Waals surface area contributed by atoms with Crippen LogP contribution in [0.1, 0.15) is 33.9 Å². The van der Waals surface area contributed by atoms with E-state index in [-0.39, 0.29) is 12.7 Å². The third kappa shape index (κ3) is 5.08. The van der Waals surface area contributed by atoms with Gasteiger partial charge in [0.05, 0.1) is 24.5 Å². The number of aromatic nitrogens is 3. The highest BCUT2D eigenvalue weighted by molar-refractivity contribution is 5.89. The molecule has 1 aliphatic heterocycles. The quantitative estimate of drug-likeness (QED) is 0.438. The number of nitrogens with one attached hydrogen (secondary N) is 1. The van der Waals surface area contributed by atoms with E-state index in [4.69, 9.17) is 9.47 Å². The van der Waals surface area contributed by atoms with Crippen molar-refractivity contribution in [3.05, 3.63) is 70.7 Å². The summed E-state index contributed by atoms with van der Waals surface area (Å²) in [6.45, 7) is 6.19. The van der Waals surface area contributed by atoms with Gasteiger partial charge in [-0.1, -0.05) is 12.1 Å². The zero-order valence-corrected chi connectivity index (χ0v) is 19.1. The van der Waals surface area contributed by atoms with Gasteiger partial charge >= 0.3 is 6.09 Å². The Morgan fingerprint density at radius 3 is 2.94 bits per heavy atom. The van der Waals surface area contributed by atoms with Gasteiger partial charge in [0.2, 0.25) is 0 Å². The van der Waals surface area contributed by atoms with Crippen LogP contribution in [0.4, 0.5) is 10.5 Å². The van der Waals surface area contributed by atoms with Crippen molar-refractivity contribution in [2.45, 2.75) is 33.1 Å². The Hall–Kier alpha value is -3.76. The molecule has 0 aliphatic carbocycles. The molecule has 178 valence electrons. The molecular formula is C24H27N5O5. The average molecular weight is 466 g/mol. The van der Waals surface area contributed by atoms with Gasteiger partial charge in [-0.3, -0.25) is 9.69 Å². The number of nitrogens with zero attached hydrogens (tertiary/aromatic N) is 4. The molecule has 0 saturated carbocycles. The van der Waals surface area contributed by atoms with Crippen molar-refractivity contribution in [2.24, 2.45) is 0 Å². The molecule has 2 N–H and O–H groups in total. The summed E-state index contributed by atoms with van der Waals surface area (Å²) in [6.07, 6.45) is 4.12. The Morgan fingerprint density at radius 1 is 1.32 bits per heavy atom. The predicted molar refractivity (Wildman–Crippen MR) is 123 cm³/mol. The summed E-state index contributed by atoms with van der Waals surface area (Å²) in [5, 5.41) is 18.3. The number of aliphatic hydroxyl groups is 1. The first-order valence-corrected chi connectivity index (χ1v) is 10.9. The normalized spacial score (nSPS) is 14.2. The van der Waals surface area contributed by atoms with Crippen LogP contribution in [0.2, 0.25) is 0 Å². The van der Waals surface area contributed by atoms with E-state index < -0.39 is 6.10 Å². The maximum Gasteiger partial charge on any atom is 0.414 e. The Morgan fingerprint density at radius 2 is 2.18 bits per heavy atom. The standard InChI is InChI=1S/C24H27N5O5/c1-16-3-4-20(17(2)21(16)14-33-15-30)22(31)12-25-10-18-11-27-29(13-18)23-9-19(5-6-26-23)28-7-8-34-24(28)32/h3-6,9,11,13,15,22,25,31H,7-8,10,12,14H2,1-2H3/t22-/m0/s1. The number of cyclic esters (lactones) is 1. The monoisotopic (exact) mass is 465 g/mol. The Kier molecular flexibility index (Phi) is 7.19. The van der Waals surface area contributed by atoms with E-state index in [1.807, 2.05) is 32.2 Å². The van der Waals surface area contributed by atoms with Crippen molar-refractivity contribution in [1.82, 2.24) is 20.1 Å². The zero-order chi connectivity index (χ0) is 24.1. The maximum absolute atomic E-state index is 11.8. The fourth-order valence-corrected chi connectivity index (χ4v) is 3.98. The molecule has 0 bridgehead atoms. The van der Waals surface area contributed by atoms with E-state index in [1.54, 1.807) is 34.1 Å². The lowest BCUT2D eigenvalue weighted by Gasteiger charge is -2.18. The highest BCUT2D eigenvalue weighted by Gasteiger charge is 2.24. The van der Waals surface area contributed by atoms with Gasteiger partial charge in [0, 0.05) is 37.1 Å². The van der Waals surface area contributed by atoms with Crippen LogP contribution in [0.15, 0.2) is 42.9 Å². The number of anilines is 1. The summed E-state index contributed by atoms with van der Waals surface area (Å²) in [5.41, 5.74) is 5.24. The minimum Gasteiger partial charge on any atom is -0.463 e. The van der Waals surface area contributed by atoms with E-state index >= 15 is 0 Å². The van der Waals surface area contributed by atoms with E-state index in [0.717, 1.165) is 27.8 Å². The van der Waals surface area contributed by atoms with E-state index in [1.165, 1.54) is 0 Å². The number of carbonyl (C=O) groups is 2. The highest BCUT2D eigenvalue weighted by atomic mass is 16.6. The second-order valence-corrected chi connectivity index (χ2v) is 8.06. The number of carbonyl (C=O) groups excluding carboxylic acids is 2. The molecule has 10 heteroatoms. The second kappa shape index (κ2) is 10.4. The molecule has 1 saturated heterocycles. The zero-order valence-electron chi connectivity index (χ0n) is 19.1. The van der Waals surface area contributed by atoms with Gasteiger partial charge in [-0.2, -0.15) is 5.10 Å². The molecular weight excluding hydrogens is 438 g/mol. The van der Waals surface area contributed by atoms with Crippen molar-refractivity contribution in [2.75, 3.05) is 24.6 Å². The molecule has 34 heavy (non-hydrogen) atoms. The summed E-state index contributed by atoms with van der Waals surface area (Å²) >= 11 is 0. The maximum atomic E-state index is 11.8. The summed E-state index contributed by atoms with van der Waals surface area (Å²) in [4.78, 5) is 28.3. The van der Waals surface area contributed by atoms with Crippen molar-refractivity contribution in [3.8, 4) is 5.82 Å². The highest BCUT2D eigenvalue weighted by Crippen LogP contribution is 2.24. The van der Waals surface area contributed by atoms with Gasteiger partial charge in [-0.05, 0) is 42.2 Å². The van der Waals surface area contributed by atoms with Crippen LogP contribution in [-0.4, -0.2) is 52.1 Å². The van der Waals surface area contributed by atoms with Crippen LogP contribution in [0, 0.1) is 13.8 Å². The molecule has 1 aromatic carbocycles. The van der Waals surface area contributed by atoms with Gasteiger partial charge in [0.15, 0.2) is 5.82 Å². The van der Waals surface area contributed by atoms with Crippen molar-refractivity contribution in [3.63, 3.8) is 0 Å². The molecule has 0 unspecified atom stereocenters. The van der Waals surface area contributed by atoms with Crippen LogP contribution < -0.4 is 10.2 Å². The molecule has 0 spiro atoms. The lowest BCUT2D eigenvalue weighted by molar-refractivity contribution is -0.129. The predicted octanol–water partition coefficient (Wildman–Crippen LogP) is 2.34. The van der Waals surface area contributed by atoms with Gasteiger partial charge < -0.3 is 19.9 Å². The van der Waals surface area contributed by atoms with Crippen molar-refractivity contribution >= 4 is 18.3 Å². The van der Waals surface area contributed by atoms with Gasteiger partial charge in [0.1, 0.15) is 13.2 Å². The topological polar surface area (TPSA) is 119 Å². The largest absolute Gasteiger partial charge is 0.463 e. The number of pyridine rings is 1. The number of aryl methyl sites for hydroxylation is 1. The number of ether oxygens (including phenoxy) is 2. The van der Waals surface area contributed by atoms with Crippen LogP contribution in [0.3, 0.4) is 0 Å². The summed E-state index contributed by atoms with van der Waals surface area (Å²) in [5.74, 6) is 0.587. The van der Waals surface area contributed by atoms with E-state index in [9.17, 15) is 14.7 Å².